The molecule has 0 aliphatic heterocycles. The Morgan fingerprint density at radius 2 is 2.29 bits per heavy atom. The van der Waals surface area contributed by atoms with Gasteiger partial charge in [-0.05, 0) is 45.3 Å². The second kappa shape index (κ2) is 4.44. The van der Waals surface area contributed by atoms with Crippen LogP contribution in [0.3, 0.4) is 0 Å². The van der Waals surface area contributed by atoms with Crippen molar-refractivity contribution in [2.45, 2.75) is 10.8 Å². The summed E-state index contributed by atoms with van der Waals surface area (Å²) in [6, 6.07) is 4.30. The molecule has 2 rings (SSSR count). The molecule has 1 aromatic heterocycles. The molecular weight excluding hydrogens is 300 g/mol. The van der Waals surface area contributed by atoms with Gasteiger partial charge in [0.1, 0.15) is 0 Å². The smallest absolute Gasteiger partial charge is 0.0488 e. The molecule has 0 radical (unpaired) electrons. The van der Waals surface area contributed by atoms with Gasteiger partial charge in [0.2, 0.25) is 0 Å². The molecule has 1 aromatic carbocycles. The number of fused-ring (bicyclic) bond motifs is 1. The average Bonchev–Trinajstić information content (AvgIpc) is 2.62. The Kier molecular flexibility index (Phi) is 3.42. The number of hydrogen-bond donors (Lipinski definition) is 0. The third-order valence-corrected chi connectivity index (χ3v) is 5.23. The summed E-state index contributed by atoms with van der Waals surface area (Å²) in [6.45, 7) is 0. The molecule has 0 aliphatic carbocycles. The van der Waals surface area contributed by atoms with Gasteiger partial charge in [-0.15, -0.1) is 34.7 Å². The lowest BCUT2D eigenvalue weighted by atomic mass is 10.2. The number of thioether (sulfide) groups is 1. The van der Waals surface area contributed by atoms with Gasteiger partial charge in [-0.2, -0.15) is 0 Å². The second-order valence-corrected chi connectivity index (χ2v) is 5.67. The normalized spacial score (nSPS) is 11.1. The summed E-state index contributed by atoms with van der Waals surface area (Å²) in [4.78, 5) is 1.27. The van der Waals surface area contributed by atoms with E-state index in [2.05, 4.69) is 39.7 Å². The van der Waals surface area contributed by atoms with Crippen molar-refractivity contribution in [3.05, 3.63) is 27.5 Å². The Morgan fingerprint density at radius 3 is 2.93 bits per heavy atom. The number of halogens is 2. The molecule has 0 fully saturated rings. The van der Waals surface area contributed by atoms with Crippen LogP contribution < -0.4 is 0 Å². The van der Waals surface area contributed by atoms with Crippen LogP contribution in [0.4, 0.5) is 0 Å². The van der Waals surface area contributed by atoms with E-state index >= 15 is 0 Å². The van der Waals surface area contributed by atoms with E-state index in [1.54, 1.807) is 23.1 Å². The first-order valence-corrected chi connectivity index (χ1v) is 7.49. The van der Waals surface area contributed by atoms with E-state index in [0.717, 1.165) is 0 Å². The topological polar surface area (TPSA) is 0 Å². The van der Waals surface area contributed by atoms with Crippen LogP contribution in [-0.2, 0) is 5.88 Å². The number of alkyl halides is 1. The maximum atomic E-state index is 5.89. The molecule has 74 valence electrons. The Bertz CT molecular complexity index is 464. The summed E-state index contributed by atoms with van der Waals surface area (Å²) in [5, 5.41) is 3.41. The Labute approximate surface area is 105 Å². The number of rotatable bonds is 2. The monoisotopic (exact) mass is 306 g/mol. The molecular formula is C10H8BrClS2. The van der Waals surface area contributed by atoms with Gasteiger partial charge < -0.3 is 0 Å². The first-order chi connectivity index (χ1) is 6.77. The van der Waals surface area contributed by atoms with Crippen molar-refractivity contribution in [1.29, 1.82) is 0 Å². The van der Waals surface area contributed by atoms with Crippen molar-refractivity contribution >= 4 is 60.7 Å². The molecule has 0 N–H and O–H groups in total. The summed E-state index contributed by atoms with van der Waals surface area (Å²) in [5.74, 6) is 0.580. The minimum Gasteiger partial charge on any atom is -0.143 e. The highest BCUT2D eigenvalue weighted by Crippen LogP contribution is 2.38. The molecule has 0 saturated carbocycles. The standard InChI is InChI=1S/C10H8BrClS2/c1-13-8-3-2-7-9(10(8)11)6(4-12)5-14-7/h2-3,5H,4H2,1H3. The first kappa shape index (κ1) is 10.8. The summed E-state index contributed by atoms with van der Waals surface area (Å²) < 4.78 is 2.48. The molecule has 0 spiro atoms. The van der Waals surface area contributed by atoms with Crippen LogP contribution in [0.15, 0.2) is 26.9 Å². The van der Waals surface area contributed by atoms with Crippen molar-refractivity contribution in [1.82, 2.24) is 0 Å². The lowest BCUT2D eigenvalue weighted by molar-refractivity contribution is 1.43. The highest BCUT2D eigenvalue weighted by Gasteiger charge is 2.09. The summed E-state index contributed by atoms with van der Waals surface area (Å²) in [7, 11) is 0. The zero-order valence-electron chi connectivity index (χ0n) is 7.51. The Balaban J connectivity index is 2.77. The molecule has 2 aromatic rings. The van der Waals surface area contributed by atoms with Crippen molar-refractivity contribution < 1.29 is 0 Å². The predicted octanol–water partition coefficient (Wildman–Crippen LogP) is 5.12. The van der Waals surface area contributed by atoms with Crippen LogP contribution in [0.25, 0.3) is 10.1 Å². The van der Waals surface area contributed by atoms with Crippen LogP contribution in [0, 0.1) is 0 Å². The number of hydrogen-bond acceptors (Lipinski definition) is 2. The highest BCUT2D eigenvalue weighted by molar-refractivity contribution is 9.10. The quantitative estimate of drug-likeness (QED) is 0.548. The molecule has 0 nitrogen and oxygen atoms in total. The summed E-state index contributed by atoms with van der Waals surface area (Å²) in [5.41, 5.74) is 1.22. The van der Waals surface area contributed by atoms with Gasteiger partial charge >= 0.3 is 0 Å². The largest absolute Gasteiger partial charge is 0.143 e. The highest BCUT2D eigenvalue weighted by atomic mass is 79.9. The van der Waals surface area contributed by atoms with Gasteiger partial charge in [0.15, 0.2) is 0 Å². The zero-order chi connectivity index (χ0) is 10.1. The van der Waals surface area contributed by atoms with Crippen molar-refractivity contribution in [3.63, 3.8) is 0 Å². The van der Waals surface area contributed by atoms with Gasteiger partial charge in [0.05, 0.1) is 0 Å². The van der Waals surface area contributed by atoms with E-state index in [1.165, 1.54) is 25.0 Å². The van der Waals surface area contributed by atoms with Crippen molar-refractivity contribution in [2.75, 3.05) is 6.26 Å². The van der Waals surface area contributed by atoms with Gasteiger partial charge in [0, 0.05) is 25.3 Å². The van der Waals surface area contributed by atoms with Crippen LogP contribution in [0.2, 0.25) is 0 Å². The van der Waals surface area contributed by atoms with Gasteiger partial charge in [-0.1, -0.05) is 0 Å². The minimum absolute atomic E-state index is 0.580. The molecule has 4 heteroatoms. The molecule has 14 heavy (non-hydrogen) atoms. The van der Waals surface area contributed by atoms with E-state index < -0.39 is 0 Å². The van der Waals surface area contributed by atoms with Crippen molar-refractivity contribution in [2.24, 2.45) is 0 Å². The fourth-order valence-corrected chi connectivity index (χ4v) is 4.36. The lowest BCUT2D eigenvalue weighted by Crippen LogP contribution is -1.78. The molecule has 0 saturated heterocycles. The van der Waals surface area contributed by atoms with Crippen molar-refractivity contribution in [3.8, 4) is 0 Å². The zero-order valence-corrected chi connectivity index (χ0v) is 11.5. The van der Waals surface area contributed by atoms with E-state index in [0.29, 0.717) is 5.88 Å². The fraction of sp³-hybridized carbons (Fsp3) is 0.200. The summed E-state index contributed by atoms with van der Waals surface area (Å²) >= 11 is 13.0. The van der Waals surface area contributed by atoms with E-state index in [1.807, 2.05) is 0 Å². The molecule has 0 aliphatic rings. The van der Waals surface area contributed by atoms with Crippen LogP contribution in [0.5, 0.6) is 0 Å². The lowest BCUT2D eigenvalue weighted by Gasteiger charge is -2.03. The predicted molar refractivity (Wildman–Crippen MR) is 70.9 cm³/mol. The third-order valence-electron chi connectivity index (χ3n) is 2.08. The summed E-state index contributed by atoms with van der Waals surface area (Å²) in [6.07, 6.45) is 2.08. The molecule has 0 bridgehead atoms. The maximum absolute atomic E-state index is 5.89. The molecule has 0 atom stereocenters. The number of thiophene rings is 1. The molecule has 0 unspecified atom stereocenters. The second-order valence-electron chi connectivity index (χ2n) is 2.85. The third kappa shape index (κ3) is 1.71. The van der Waals surface area contributed by atoms with E-state index in [9.17, 15) is 0 Å². The van der Waals surface area contributed by atoms with E-state index in [-0.39, 0.29) is 0 Å². The van der Waals surface area contributed by atoms with Gasteiger partial charge in [0.25, 0.3) is 0 Å². The average molecular weight is 308 g/mol. The van der Waals surface area contributed by atoms with Gasteiger partial charge in [-0.25, -0.2) is 0 Å². The minimum atomic E-state index is 0.580. The van der Waals surface area contributed by atoms with Crippen LogP contribution >= 0.6 is 50.6 Å². The van der Waals surface area contributed by atoms with E-state index in [4.69, 9.17) is 11.6 Å². The van der Waals surface area contributed by atoms with Crippen LogP contribution in [-0.4, -0.2) is 6.26 Å². The van der Waals surface area contributed by atoms with Gasteiger partial charge in [-0.3, -0.25) is 0 Å². The SMILES string of the molecule is CSc1ccc2scc(CCl)c2c1Br. The Hall–Kier alpha value is 0.300. The number of benzene rings is 1. The van der Waals surface area contributed by atoms with Crippen LogP contribution in [0.1, 0.15) is 5.56 Å². The fourth-order valence-electron chi connectivity index (χ4n) is 1.39. The molecule has 0 amide bonds. The Morgan fingerprint density at radius 1 is 1.50 bits per heavy atom. The maximum Gasteiger partial charge on any atom is 0.0488 e. The molecule has 1 heterocycles. The first-order valence-electron chi connectivity index (χ1n) is 4.06.